The molecule has 1 aliphatic heterocycles. The summed E-state index contributed by atoms with van der Waals surface area (Å²) in [5, 5.41) is 22.4. The van der Waals surface area contributed by atoms with Gasteiger partial charge in [-0.3, -0.25) is 4.79 Å². The van der Waals surface area contributed by atoms with E-state index in [1.54, 1.807) is 36.4 Å². The molecule has 2 aromatic carbocycles. The number of benzene rings is 2. The molecule has 136 valence electrons. The molecule has 0 aliphatic carbocycles. The molecular weight excluding hydrogens is 346 g/mol. The van der Waals surface area contributed by atoms with E-state index in [4.69, 9.17) is 4.84 Å². The van der Waals surface area contributed by atoms with E-state index in [1.165, 1.54) is 12.0 Å². The molecule has 27 heavy (non-hydrogen) atoms. The average molecular weight is 363 g/mol. The summed E-state index contributed by atoms with van der Waals surface area (Å²) in [6.07, 6.45) is 0.141. The van der Waals surface area contributed by atoms with Crippen molar-refractivity contribution >= 4 is 17.6 Å². The molecule has 0 spiro atoms. The van der Waals surface area contributed by atoms with E-state index in [9.17, 15) is 20.0 Å². The molecule has 1 fully saturated rings. The van der Waals surface area contributed by atoms with E-state index in [0.717, 1.165) is 11.1 Å². The molecule has 1 heterocycles. The van der Waals surface area contributed by atoms with Gasteiger partial charge in [-0.15, -0.1) is 0 Å². The van der Waals surface area contributed by atoms with Crippen molar-refractivity contribution < 1.29 is 19.5 Å². The Bertz CT molecular complexity index is 944. The van der Waals surface area contributed by atoms with Crippen LogP contribution in [-0.2, 0) is 9.63 Å². The molecule has 0 saturated carbocycles. The fourth-order valence-corrected chi connectivity index (χ4v) is 3.12. The van der Waals surface area contributed by atoms with Gasteiger partial charge in [0.1, 0.15) is 13.2 Å². The number of carboxylic acid groups (broad SMARTS) is 1. The standard InChI is InChI=1S/C20H17N3O4/c1-27-22-16-10-18(20(25)26)23(12-16)19(24)14-8-6-13(7-9-14)17-5-3-2-4-15(17)11-21/h2-9,18H,10,12H2,1H3,(H,25,26)/t18-/m0/s1. The van der Waals surface area contributed by atoms with Crippen LogP contribution in [0, 0.1) is 11.3 Å². The molecule has 0 radical (unpaired) electrons. The van der Waals surface area contributed by atoms with E-state index >= 15 is 0 Å². The highest BCUT2D eigenvalue weighted by Crippen LogP contribution is 2.25. The van der Waals surface area contributed by atoms with E-state index in [2.05, 4.69) is 11.2 Å². The van der Waals surface area contributed by atoms with Gasteiger partial charge >= 0.3 is 5.97 Å². The van der Waals surface area contributed by atoms with E-state index in [-0.39, 0.29) is 18.9 Å². The third-order valence-electron chi connectivity index (χ3n) is 4.41. The molecule has 7 nitrogen and oxygen atoms in total. The minimum absolute atomic E-state index is 0.114. The summed E-state index contributed by atoms with van der Waals surface area (Å²) in [6.45, 7) is 0.114. The van der Waals surface area contributed by atoms with Crippen LogP contribution in [0.5, 0.6) is 0 Å². The van der Waals surface area contributed by atoms with Crippen LogP contribution in [-0.4, -0.2) is 47.3 Å². The Balaban J connectivity index is 1.86. The second-order valence-electron chi connectivity index (χ2n) is 6.07. The number of oxime groups is 1. The van der Waals surface area contributed by atoms with E-state index in [0.29, 0.717) is 16.8 Å². The zero-order valence-corrected chi connectivity index (χ0v) is 14.6. The fraction of sp³-hybridized carbons (Fsp3) is 0.200. The van der Waals surface area contributed by atoms with Gasteiger partial charge in [0, 0.05) is 12.0 Å². The highest BCUT2D eigenvalue weighted by molar-refractivity contribution is 6.04. The highest BCUT2D eigenvalue weighted by Gasteiger charge is 2.38. The lowest BCUT2D eigenvalue weighted by molar-refractivity contribution is -0.141. The number of carbonyl (C=O) groups excluding carboxylic acids is 1. The van der Waals surface area contributed by atoms with Gasteiger partial charge in [-0.2, -0.15) is 5.26 Å². The van der Waals surface area contributed by atoms with Crippen LogP contribution in [0.25, 0.3) is 11.1 Å². The Kier molecular flexibility index (Phi) is 5.18. The van der Waals surface area contributed by atoms with Crippen molar-refractivity contribution in [2.75, 3.05) is 13.7 Å². The van der Waals surface area contributed by atoms with Crippen LogP contribution < -0.4 is 0 Å². The first kappa shape index (κ1) is 18.1. The van der Waals surface area contributed by atoms with Gasteiger partial charge < -0.3 is 14.8 Å². The highest BCUT2D eigenvalue weighted by atomic mass is 16.6. The Hall–Kier alpha value is -3.66. The largest absolute Gasteiger partial charge is 0.480 e. The second kappa shape index (κ2) is 7.70. The monoisotopic (exact) mass is 363 g/mol. The Labute approximate surface area is 156 Å². The summed E-state index contributed by atoms with van der Waals surface area (Å²) in [6, 6.07) is 15.1. The summed E-state index contributed by atoms with van der Waals surface area (Å²) in [7, 11) is 1.38. The van der Waals surface area contributed by atoms with Gasteiger partial charge in [0.25, 0.3) is 5.91 Å². The molecule has 0 aromatic heterocycles. The molecule has 1 amide bonds. The molecule has 1 atom stereocenters. The Morgan fingerprint density at radius 2 is 1.93 bits per heavy atom. The SMILES string of the molecule is CON=C1C[C@@H](C(=O)O)N(C(=O)c2ccc(-c3ccccc3C#N)cc2)C1. The van der Waals surface area contributed by atoms with Gasteiger partial charge in [-0.1, -0.05) is 35.5 Å². The van der Waals surface area contributed by atoms with Gasteiger partial charge in [-0.05, 0) is 29.3 Å². The summed E-state index contributed by atoms with van der Waals surface area (Å²) in [5.74, 6) is -1.46. The van der Waals surface area contributed by atoms with Crippen LogP contribution in [0.2, 0.25) is 0 Å². The van der Waals surface area contributed by atoms with Crippen molar-refractivity contribution in [1.29, 1.82) is 5.26 Å². The lowest BCUT2D eigenvalue weighted by Crippen LogP contribution is -2.40. The van der Waals surface area contributed by atoms with Gasteiger partial charge in [0.05, 0.1) is 23.9 Å². The fourth-order valence-electron chi connectivity index (χ4n) is 3.12. The molecule has 0 unspecified atom stereocenters. The van der Waals surface area contributed by atoms with E-state index < -0.39 is 12.0 Å². The second-order valence-corrected chi connectivity index (χ2v) is 6.07. The van der Waals surface area contributed by atoms with Crippen molar-refractivity contribution in [2.24, 2.45) is 5.16 Å². The number of nitriles is 1. The molecular formula is C20H17N3O4. The molecule has 1 N–H and O–H groups in total. The van der Waals surface area contributed by atoms with Crippen LogP contribution in [0.15, 0.2) is 53.7 Å². The first-order chi connectivity index (χ1) is 13.0. The quantitative estimate of drug-likeness (QED) is 0.841. The minimum Gasteiger partial charge on any atom is -0.480 e. The predicted molar refractivity (Wildman–Crippen MR) is 98.1 cm³/mol. The molecule has 7 heteroatoms. The maximum atomic E-state index is 12.8. The normalized spacial score (nSPS) is 17.6. The summed E-state index contributed by atoms with van der Waals surface area (Å²) >= 11 is 0. The number of carbonyl (C=O) groups is 2. The van der Waals surface area contributed by atoms with Gasteiger partial charge in [0.2, 0.25) is 0 Å². The molecule has 3 rings (SSSR count). The topological polar surface area (TPSA) is 103 Å². The number of rotatable bonds is 4. The first-order valence-corrected chi connectivity index (χ1v) is 8.27. The lowest BCUT2D eigenvalue weighted by atomic mass is 9.99. The number of hydrogen-bond donors (Lipinski definition) is 1. The number of hydrogen-bond acceptors (Lipinski definition) is 5. The molecule has 1 saturated heterocycles. The van der Waals surface area contributed by atoms with Crippen LogP contribution >= 0.6 is 0 Å². The number of aliphatic carboxylic acids is 1. The van der Waals surface area contributed by atoms with Crippen molar-refractivity contribution in [2.45, 2.75) is 12.5 Å². The summed E-state index contributed by atoms with van der Waals surface area (Å²) in [5.41, 5.74) is 3.01. The molecule has 0 bridgehead atoms. The zero-order chi connectivity index (χ0) is 19.4. The Morgan fingerprint density at radius 3 is 2.56 bits per heavy atom. The maximum absolute atomic E-state index is 12.8. The van der Waals surface area contributed by atoms with Crippen LogP contribution in [0.1, 0.15) is 22.3 Å². The lowest BCUT2D eigenvalue weighted by Gasteiger charge is -2.20. The van der Waals surface area contributed by atoms with Crippen molar-refractivity contribution in [3.8, 4) is 17.2 Å². The molecule has 2 aromatic rings. The minimum atomic E-state index is -1.08. The van der Waals surface area contributed by atoms with Crippen molar-refractivity contribution in [1.82, 2.24) is 4.90 Å². The predicted octanol–water partition coefficient (Wildman–Crippen LogP) is 2.53. The smallest absolute Gasteiger partial charge is 0.326 e. The van der Waals surface area contributed by atoms with Crippen molar-refractivity contribution in [3.05, 3.63) is 59.7 Å². The van der Waals surface area contributed by atoms with Crippen LogP contribution in [0.3, 0.4) is 0 Å². The Morgan fingerprint density at radius 1 is 1.22 bits per heavy atom. The van der Waals surface area contributed by atoms with E-state index in [1.807, 2.05) is 12.1 Å². The van der Waals surface area contributed by atoms with Crippen LogP contribution in [0.4, 0.5) is 0 Å². The van der Waals surface area contributed by atoms with Gasteiger partial charge in [-0.25, -0.2) is 4.79 Å². The summed E-state index contributed by atoms with van der Waals surface area (Å²) < 4.78 is 0. The average Bonchev–Trinajstić information content (AvgIpc) is 3.12. The number of amides is 1. The van der Waals surface area contributed by atoms with Crippen molar-refractivity contribution in [3.63, 3.8) is 0 Å². The maximum Gasteiger partial charge on any atom is 0.326 e. The number of carboxylic acids is 1. The number of nitrogens with zero attached hydrogens (tertiary/aromatic N) is 3. The third kappa shape index (κ3) is 3.65. The van der Waals surface area contributed by atoms with Gasteiger partial charge in [0.15, 0.2) is 0 Å². The summed E-state index contributed by atoms with van der Waals surface area (Å²) in [4.78, 5) is 30.3. The molecule has 1 aliphatic rings. The zero-order valence-electron chi connectivity index (χ0n) is 14.6. The first-order valence-electron chi connectivity index (χ1n) is 8.27. The third-order valence-corrected chi connectivity index (χ3v) is 4.41. The number of likely N-dealkylation sites (tertiary alicyclic amines) is 1.